The van der Waals surface area contributed by atoms with E-state index in [0.29, 0.717) is 18.1 Å². The third-order valence-corrected chi connectivity index (χ3v) is 3.76. The number of halogens is 1. The third kappa shape index (κ3) is 10.8. The van der Waals surface area contributed by atoms with Crippen molar-refractivity contribution in [1.82, 2.24) is 10.6 Å². The van der Waals surface area contributed by atoms with E-state index in [0.717, 1.165) is 23.2 Å². The minimum Gasteiger partial charge on any atom is -0.507 e. The van der Waals surface area contributed by atoms with Crippen molar-refractivity contribution in [3.63, 3.8) is 0 Å². The largest absolute Gasteiger partial charge is 0.507 e. The summed E-state index contributed by atoms with van der Waals surface area (Å²) in [5.41, 5.74) is 3.96. The molecule has 0 saturated heterocycles. The van der Waals surface area contributed by atoms with Crippen LogP contribution in [0.15, 0.2) is 79.3 Å². The van der Waals surface area contributed by atoms with Crippen molar-refractivity contribution in [2.45, 2.75) is 47.6 Å². The molecule has 0 spiro atoms. The zero-order chi connectivity index (χ0) is 22.2. The molecular weight excluding hydrogens is 363 g/mol. The third-order valence-electron chi connectivity index (χ3n) is 3.76. The molecule has 0 aliphatic rings. The molecule has 2 aromatic rings. The first kappa shape index (κ1) is 26.0. The van der Waals surface area contributed by atoms with Gasteiger partial charge in [0.1, 0.15) is 11.6 Å². The molecule has 2 rings (SSSR count). The number of phenols is 1. The zero-order valence-corrected chi connectivity index (χ0v) is 18.3. The molecule has 0 bridgehead atoms. The van der Waals surface area contributed by atoms with Gasteiger partial charge in [0.2, 0.25) is 0 Å². The van der Waals surface area contributed by atoms with Crippen LogP contribution in [0.4, 0.5) is 4.39 Å². The minimum absolute atomic E-state index is 0.224. The van der Waals surface area contributed by atoms with Crippen LogP contribution < -0.4 is 10.6 Å². The highest BCUT2D eigenvalue weighted by Crippen LogP contribution is 2.26. The summed E-state index contributed by atoms with van der Waals surface area (Å²) in [6.45, 7) is 18.0. The Morgan fingerprint density at radius 3 is 2.14 bits per heavy atom. The lowest BCUT2D eigenvalue weighted by Gasteiger charge is -2.11. The van der Waals surface area contributed by atoms with Crippen LogP contribution in [0.1, 0.15) is 52.2 Å². The van der Waals surface area contributed by atoms with Crippen molar-refractivity contribution in [1.29, 1.82) is 0 Å². The highest BCUT2D eigenvalue weighted by atomic mass is 19.1. The fourth-order valence-electron chi connectivity index (χ4n) is 2.41. The van der Waals surface area contributed by atoms with Crippen LogP contribution in [0.2, 0.25) is 0 Å². The smallest absolute Gasteiger partial charge is 0.123 e. The highest BCUT2D eigenvalue weighted by Gasteiger charge is 2.02. The van der Waals surface area contributed by atoms with Crippen molar-refractivity contribution in [3.8, 4) is 5.75 Å². The molecule has 0 fully saturated rings. The standard InChI is InChI=1S/C12H15FN2.C11H14O.C2H6/c1-9(2)15-10(3)14-8-11-4-6-12(13)7-5-11;1-3-9(4-2)10-7-5-6-8-11(10)12;1-2/h4-7,14-15H,1,3,8H2,2H3;3,5-8,12H,4H2,1-2H3;1-2H3/b;9-3+;. The number of para-hydroxylation sites is 1. The number of benzene rings is 2. The van der Waals surface area contributed by atoms with Gasteiger partial charge in [-0.25, -0.2) is 4.39 Å². The zero-order valence-electron chi connectivity index (χ0n) is 18.3. The predicted octanol–water partition coefficient (Wildman–Crippen LogP) is 6.74. The van der Waals surface area contributed by atoms with Gasteiger partial charge in [-0.3, -0.25) is 0 Å². The maximum absolute atomic E-state index is 12.6. The van der Waals surface area contributed by atoms with E-state index in [4.69, 9.17) is 0 Å². The second-order valence-electron chi connectivity index (χ2n) is 6.05. The van der Waals surface area contributed by atoms with Crippen LogP contribution >= 0.6 is 0 Å². The first-order valence-corrected chi connectivity index (χ1v) is 9.90. The molecule has 0 aromatic heterocycles. The van der Waals surface area contributed by atoms with Gasteiger partial charge in [-0.2, -0.15) is 0 Å². The van der Waals surface area contributed by atoms with Crippen molar-refractivity contribution in [2.24, 2.45) is 0 Å². The summed E-state index contributed by atoms with van der Waals surface area (Å²) < 4.78 is 12.6. The van der Waals surface area contributed by atoms with E-state index < -0.39 is 0 Å². The molecule has 0 aliphatic carbocycles. The Hall–Kier alpha value is -3.01. The Morgan fingerprint density at radius 1 is 1.07 bits per heavy atom. The molecule has 2 aromatic carbocycles. The molecule has 4 heteroatoms. The first-order chi connectivity index (χ1) is 13.9. The van der Waals surface area contributed by atoms with Crippen LogP contribution in [0.5, 0.6) is 5.75 Å². The molecule has 0 heterocycles. The summed E-state index contributed by atoms with van der Waals surface area (Å²) in [4.78, 5) is 0. The van der Waals surface area contributed by atoms with Gasteiger partial charge in [0.25, 0.3) is 0 Å². The Labute approximate surface area is 175 Å². The number of hydrogen-bond acceptors (Lipinski definition) is 3. The molecule has 0 atom stereocenters. The fraction of sp³-hybridized carbons (Fsp3) is 0.280. The van der Waals surface area contributed by atoms with E-state index in [2.05, 4.69) is 30.7 Å². The van der Waals surface area contributed by atoms with Gasteiger partial charge in [-0.15, -0.1) is 0 Å². The Balaban J connectivity index is 0.000000508. The van der Waals surface area contributed by atoms with Crippen LogP contribution in [0, 0.1) is 5.82 Å². The van der Waals surface area contributed by atoms with Crippen LogP contribution in [0.25, 0.3) is 5.57 Å². The summed E-state index contributed by atoms with van der Waals surface area (Å²) in [5.74, 6) is 0.830. The van der Waals surface area contributed by atoms with E-state index >= 15 is 0 Å². The number of hydrogen-bond donors (Lipinski definition) is 3. The maximum atomic E-state index is 12.6. The van der Waals surface area contributed by atoms with E-state index in [1.165, 1.54) is 17.7 Å². The van der Waals surface area contributed by atoms with Crippen molar-refractivity contribution >= 4 is 5.57 Å². The molecule has 0 aliphatic heterocycles. The molecule has 3 N–H and O–H groups in total. The van der Waals surface area contributed by atoms with Gasteiger partial charge in [0.15, 0.2) is 0 Å². The van der Waals surface area contributed by atoms with E-state index in [-0.39, 0.29) is 5.82 Å². The lowest BCUT2D eigenvalue weighted by Crippen LogP contribution is -2.23. The molecule has 158 valence electrons. The average Bonchev–Trinajstić information content (AvgIpc) is 2.71. The van der Waals surface area contributed by atoms with E-state index in [1.807, 2.05) is 52.0 Å². The van der Waals surface area contributed by atoms with E-state index in [1.54, 1.807) is 18.2 Å². The van der Waals surface area contributed by atoms with E-state index in [9.17, 15) is 9.50 Å². The van der Waals surface area contributed by atoms with Crippen LogP contribution in [-0.2, 0) is 6.54 Å². The highest BCUT2D eigenvalue weighted by molar-refractivity contribution is 5.69. The topological polar surface area (TPSA) is 44.3 Å². The lowest BCUT2D eigenvalue weighted by molar-refractivity contribution is 0.473. The normalized spacial score (nSPS) is 9.93. The monoisotopic (exact) mass is 398 g/mol. The number of aromatic hydroxyl groups is 1. The molecular formula is C25H35FN2O. The van der Waals surface area contributed by atoms with Crippen molar-refractivity contribution in [2.75, 3.05) is 0 Å². The van der Waals surface area contributed by atoms with Gasteiger partial charge >= 0.3 is 0 Å². The van der Waals surface area contributed by atoms with Crippen molar-refractivity contribution in [3.05, 3.63) is 96.2 Å². The Kier molecular flexibility index (Phi) is 13.4. The van der Waals surface area contributed by atoms with Crippen molar-refractivity contribution < 1.29 is 9.50 Å². The van der Waals surface area contributed by atoms with Gasteiger partial charge in [-0.05, 0) is 49.6 Å². The second-order valence-corrected chi connectivity index (χ2v) is 6.05. The van der Waals surface area contributed by atoms with Gasteiger partial charge in [0, 0.05) is 17.8 Å². The Morgan fingerprint density at radius 2 is 1.66 bits per heavy atom. The molecule has 29 heavy (non-hydrogen) atoms. The summed E-state index contributed by atoms with van der Waals surface area (Å²) >= 11 is 0. The van der Waals surface area contributed by atoms with Gasteiger partial charge in [-0.1, -0.05) is 70.3 Å². The van der Waals surface area contributed by atoms with Crippen LogP contribution in [-0.4, -0.2) is 5.11 Å². The fourth-order valence-corrected chi connectivity index (χ4v) is 2.41. The molecule has 0 unspecified atom stereocenters. The first-order valence-electron chi connectivity index (χ1n) is 9.90. The van der Waals surface area contributed by atoms with Gasteiger partial charge in [0.05, 0.1) is 5.82 Å². The van der Waals surface area contributed by atoms with Crippen LogP contribution in [0.3, 0.4) is 0 Å². The molecule has 0 radical (unpaired) electrons. The molecule has 3 nitrogen and oxygen atoms in total. The summed E-state index contributed by atoms with van der Waals surface area (Å²) in [6.07, 6.45) is 2.99. The average molecular weight is 399 g/mol. The maximum Gasteiger partial charge on any atom is 0.123 e. The quantitative estimate of drug-likeness (QED) is 0.484. The van der Waals surface area contributed by atoms with Gasteiger partial charge < -0.3 is 15.7 Å². The SMILES string of the molecule is C/C=C(\CC)c1ccccc1O.C=C(C)NC(=C)NCc1ccc(F)cc1.CC. The number of nitrogens with one attached hydrogen (secondary N) is 2. The number of phenolic OH excluding ortho intramolecular Hbond substituents is 1. The summed E-state index contributed by atoms with van der Waals surface area (Å²) in [7, 11) is 0. The minimum atomic E-state index is -0.224. The number of rotatable bonds is 7. The lowest BCUT2D eigenvalue weighted by atomic mass is 10.0. The molecule has 0 saturated carbocycles. The number of allylic oxidation sites excluding steroid dienone is 3. The summed E-state index contributed by atoms with van der Waals surface area (Å²) in [6, 6.07) is 13.8. The molecule has 0 amide bonds. The Bertz CT molecular complexity index is 780. The summed E-state index contributed by atoms with van der Waals surface area (Å²) in [5, 5.41) is 15.5. The predicted molar refractivity (Wildman–Crippen MR) is 124 cm³/mol. The second kappa shape index (κ2) is 15.0.